The topological polar surface area (TPSA) is 92.2 Å². The third-order valence-electron chi connectivity index (χ3n) is 6.11. The molecule has 1 aromatic carbocycles. The summed E-state index contributed by atoms with van der Waals surface area (Å²) in [5, 5.41) is 13.9. The Morgan fingerprint density at radius 3 is 2.84 bits per heavy atom. The van der Waals surface area contributed by atoms with Crippen molar-refractivity contribution in [3.63, 3.8) is 0 Å². The summed E-state index contributed by atoms with van der Waals surface area (Å²) in [6, 6.07) is 13.7. The molecule has 0 spiro atoms. The quantitative estimate of drug-likeness (QED) is 0.443. The van der Waals surface area contributed by atoms with Crippen molar-refractivity contribution in [2.75, 3.05) is 11.9 Å². The van der Waals surface area contributed by atoms with Gasteiger partial charge in [-0.05, 0) is 67.9 Å². The van der Waals surface area contributed by atoms with Crippen molar-refractivity contribution >= 4 is 28.5 Å². The predicted molar refractivity (Wildman–Crippen MR) is 125 cm³/mol. The number of nitrogens with zero attached hydrogens (tertiary/aromatic N) is 2. The van der Waals surface area contributed by atoms with Crippen LogP contribution in [0, 0.1) is 0 Å². The van der Waals surface area contributed by atoms with E-state index in [9.17, 15) is 14.7 Å². The normalized spacial score (nSPS) is 13.9. The highest BCUT2D eigenvalue weighted by Gasteiger charge is 2.21. The summed E-state index contributed by atoms with van der Waals surface area (Å²) in [5.41, 5.74) is 3.82. The molecule has 0 unspecified atom stereocenters. The number of benzene rings is 1. The lowest BCUT2D eigenvalue weighted by Crippen LogP contribution is -2.14. The van der Waals surface area contributed by atoms with Crippen molar-refractivity contribution in [1.29, 1.82) is 0 Å². The highest BCUT2D eigenvalue weighted by Crippen LogP contribution is 2.25. The Labute approximate surface area is 188 Å². The van der Waals surface area contributed by atoms with E-state index in [-0.39, 0.29) is 12.2 Å². The number of rotatable bonds is 10. The van der Waals surface area contributed by atoms with Gasteiger partial charge in [0.2, 0.25) is 0 Å². The summed E-state index contributed by atoms with van der Waals surface area (Å²) in [5.74, 6) is -0.511. The molecule has 1 atom stereocenters. The van der Waals surface area contributed by atoms with Crippen LogP contribution in [0.25, 0.3) is 10.9 Å². The Bertz CT molecular complexity index is 1110. The van der Waals surface area contributed by atoms with Crippen LogP contribution in [-0.2, 0) is 22.4 Å². The fraction of sp³-hybridized carbons (Fsp3) is 0.385. The second-order valence-corrected chi connectivity index (χ2v) is 8.48. The first-order chi connectivity index (χ1) is 15.6. The number of carbonyl (C=O) groups excluding carboxylic acids is 1. The smallest absolute Gasteiger partial charge is 0.311 e. The van der Waals surface area contributed by atoms with E-state index >= 15 is 0 Å². The summed E-state index contributed by atoms with van der Waals surface area (Å²) in [6.07, 6.45) is 7.43. The first-order valence-electron chi connectivity index (χ1n) is 11.4. The Hall–Kier alpha value is -3.28. The van der Waals surface area contributed by atoms with Crippen LogP contribution in [0.15, 0.2) is 48.7 Å². The first kappa shape index (κ1) is 21.9. The molecule has 0 amide bonds. The molecule has 3 aromatic rings. The molecular weight excluding hydrogens is 402 g/mol. The maximum absolute atomic E-state index is 12.4. The van der Waals surface area contributed by atoms with E-state index in [0.29, 0.717) is 18.4 Å². The van der Waals surface area contributed by atoms with Gasteiger partial charge in [0.05, 0.1) is 11.4 Å². The van der Waals surface area contributed by atoms with Gasteiger partial charge in [-0.15, -0.1) is 0 Å². The number of pyridine rings is 2. The standard InChI is InChI=1S/C26H29N3O3/c30-22(9-3-2-8-21-12-11-18-7-5-15-27-25(18)29-21)13-14-23(26(31)32)20-16-19-6-1-4-10-24(19)28-17-20/h1,4,6,10-12,16-17,23H,2-3,5,7-9,13-15H2,(H,27,29)(H,31,32)/t23-/m0/s1. The molecule has 0 saturated heterocycles. The minimum atomic E-state index is -0.915. The highest BCUT2D eigenvalue weighted by atomic mass is 16.4. The first-order valence-corrected chi connectivity index (χ1v) is 11.4. The molecule has 166 valence electrons. The molecule has 6 heteroatoms. The molecule has 0 fully saturated rings. The lowest BCUT2D eigenvalue weighted by atomic mass is 9.92. The van der Waals surface area contributed by atoms with E-state index in [4.69, 9.17) is 4.98 Å². The molecule has 1 aliphatic heterocycles. The number of hydrogen-bond donors (Lipinski definition) is 2. The van der Waals surface area contributed by atoms with E-state index in [1.54, 1.807) is 6.20 Å². The fourth-order valence-corrected chi connectivity index (χ4v) is 4.28. The number of anilines is 1. The number of unbranched alkanes of at least 4 members (excludes halogenated alkanes) is 1. The monoisotopic (exact) mass is 431 g/mol. The minimum absolute atomic E-state index is 0.116. The summed E-state index contributed by atoms with van der Waals surface area (Å²) >= 11 is 0. The van der Waals surface area contributed by atoms with Gasteiger partial charge in [-0.3, -0.25) is 14.6 Å². The molecular formula is C26H29N3O3. The van der Waals surface area contributed by atoms with Crippen molar-refractivity contribution in [2.24, 2.45) is 0 Å². The number of fused-ring (bicyclic) bond motifs is 2. The summed E-state index contributed by atoms with van der Waals surface area (Å²) in [7, 11) is 0. The SMILES string of the molecule is O=C(CCCCc1ccc2c(n1)NCCC2)CC[C@H](C(=O)O)c1cnc2ccccc2c1. The van der Waals surface area contributed by atoms with E-state index in [1.807, 2.05) is 30.3 Å². The van der Waals surface area contributed by atoms with Crippen LogP contribution in [0.4, 0.5) is 5.82 Å². The lowest BCUT2D eigenvalue weighted by Gasteiger charge is -2.17. The van der Waals surface area contributed by atoms with Gasteiger partial charge in [-0.1, -0.05) is 24.3 Å². The van der Waals surface area contributed by atoms with Crippen LogP contribution < -0.4 is 5.32 Å². The van der Waals surface area contributed by atoms with Crippen LogP contribution in [0.1, 0.15) is 61.3 Å². The third kappa shape index (κ3) is 5.49. The third-order valence-corrected chi connectivity index (χ3v) is 6.11. The van der Waals surface area contributed by atoms with Gasteiger partial charge in [-0.25, -0.2) is 4.98 Å². The number of ketones is 1. The maximum atomic E-state index is 12.4. The van der Waals surface area contributed by atoms with Crippen LogP contribution in [-0.4, -0.2) is 33.4 Å². The molecule has 4 rings (SSSR count). The van der Waals surface area contributed by atoms with Gasteiger partial charge in [-0.2, -0.15) is 0 Å². The molecule has 1 aliphatic rings. The Kier molecular flexibility index (Phi) is 7.10. The van der Waals surface area contributed by atoms with E-state index in [0.717, 1.165) is 61.1 Å². The fourth-order valence-electron chi connectivity index (χ4n) is 4.28. The molecule has 2 aromatic heterocycles. The van der Waals surface area contributed by atoms with Crippen LogP contribution >= 0.6 is 0 Å². The Balaban J connectivity index is 1.24. The number of carbonyl (C=O) groups is 2. The summed E-state index contributed by atoms with van der Waals surface area (Å²) in [4.78, 5) is 33.3. The van der Waals surface area contributed by atoms with E-state index in [1.165, 1.54) is 5.56 Å². The number of carboxylic acids is 1. The zero-order chi connectivity index (χ0) is 22.3. The van der Waals surface area contributed by atoms with Crippen molar-refractivity contribution in [3.8, 4) is 0 Å². The predicted octanol–water partition coefficient (Wildman–Crippen LogP) is 4.92. The van der Waals surface area contributed by atoms with Crippen molar-refractivity contribution < 1.29 is 14.7 Å². The number of para-hydroxylation sites is 1. The van der Waals surface area contributed by atoms with Gasteiger partial charge < -0.3 is 10.4 Å². The Morgan fingerprint density at radius 2 is 1.97 bits per heavy atom. The number of nitrogens with one attached hydrogen (secondary N) is 1. The summed E-state index contributed by atoms with van der Waals surface area (Å²) in [6.45, 7) is 0.977. The van der Waals surface area contributed by atoms with Gasteiger partial charge in [0.25, 0.3) is 0 Å². The second-order valence-electron chi connectivity index (χ2n) is 8.48. The minimum Gasteiger partial charge on any atom is -0.481 e. The molecule has 0 saturated carbocycles. The number of hydrogen-bond acceptors (Lipinski definition) is 5. The molecule has 6 nitrogen and oxygen atoms in total. The van der Waals surface area contributed by atoms with Crippen molar-refractivity contribution in [3.05, 3.63) is 65.5 Å². The lowest BCUT2D eigenvalue weighted by molar-refractivity contribution is -0.139. The van der Waals surface area contributed by atoms with Crippen LogP contribution in [0.2, 0.25) is 0 Å². The van der Waals surface area contributed by atoms with Crippen LogP contribution in [0.3, 0.4) is 0 Å². The van der Waals surface area contributed by atoms with Crippen LogP contribution in [0.5, 0.6) is 0 Å². The van der Waals surface area contributed by atoms with Gasteiger partial charge >= 0.3 is 5.97 Å². The summed E-state index contributed by atoms with van der Waals surface area (Å²) < 4.78 is 0. The average molecular weight is 432 g/mol. The van der Waals surface area contributed by atoms with Crippen molar-refractivity contribution in [2.45, 2.75) is 57.3 Å². The number of aliphatic carboxylic acids is 1. The zero-order valence-electron chi connectivity index (χ0n) is 18.2. The van der Waals surface area contributed by atoms with E-state index in [2.05, 4.69) is 22.4 Å². The number of aryl methyl sites for hydroxylation is 2. The van der Waals surface area contributed by atoms with Crippen molar-refractivity contribution in [1.82, 2.24) is 9.97 Å². The Morgan fingerprint density at radius 1 is 1.09 bits per heavy atom. The molecule has 3 heterocycles. The number of aromatic nitrogens is 2. The molecule has 32 heavy (non-hydrogen) atoms. The average Bonchev–Trinajstić information content (AvgIpc) is 2.81. The highest BCUT2D eigenvalue weighted by molar-refractivity contribution is 5.83. The molecule has 2 N–H and O–H groups in total. The zero-order valence-corrected chi connectivity index (χ0v) is 18.2. The molecule has 0 aliphatic carbocycles. The van der Waals surface area contributed by atoms with Gasteiger partial charge in [0.1, 0.15) is 11.6 Å². The maximum Gasteiger partial charge on any atom is 0.311 e. The number of carboxylic acid groups (broad SMARTS) is 1. The second kappa shape index (κ2) is 10.4. The largest absolute Gasteiger partial charge is 0.481 e. The number of Topliss-reactive ketones (excluding diaryl/α,β-unsaturated/α-hetero) is 1. The van der Waals surface area contributed by atoms with Gasteiger partial charge in [0.15, 0.2) is 0 Å². The molecule has 0 bridgehead atoms. The van der Waals surface area contributed by atoms with Gasteiger partial charge in [0, 0.05) is 36.7 Å². The molecule has 0 radical (unpaired) electrons. The van der Waals surface area contributed by atoms with E-state index < -0.39 is 11.9 Å².